The van der Waals surface area contributed by atoms with Gasteiger partial charge in [-0.3, -0.25) is 14.3 Å². The van der Waals surface area contributed by atoms with Crippen LogP contribution >= 0.6 is 0 Å². The maximum atomic E-state index is 12.9. The van der Waals surface area contributed by atoms with E-state index in [1.165, 1.54) is 0 Å². The highest BCUT2D eigenvalue weighted by atomic mass is 16.4. The standard InChI is InChI=1S/C27H33N7O3/c1-19-15-20(2)34(30-19)18-25(35)32-13-11-31(12-14-32)24-6-4-3-5-23(24)22-16-28-27(29-17-22)33-9-7-21(8-10-33)26(36)37/h3-6,15-17,21H,7-14,18H2,1-2H3,(H,36,37). The summed E-state index contributed by atoms with van der Waals surface area (Å²) in [7, 11) is 0. The summed E-state index contributed by atoms with van der Waals surface area (Å²) in [5.41, 5.74) is 5.01. The first-order valence-electron chi connectivity index (χ1n) is 12.8. The van der Waals surface area contributed by atoms with Gasteiger partial charge in [0.25, 0.3) is 0 Å². The predicted octanol–water partition coefficient (Wildman–Crippen LogP) is 2.61. The molecular formula is C27H33N7O3. The molecular weight excluding hydrogens is 470 g/mol. The summed E-state index contributed by atoms with van der Waals surface area (Å²) in [4.78, 5) is 39.6. The average molecular weight is 504 g/mol. The second-order valence-electron chi connectivity index (χ2n) is 9.84. The zero-order valence-electron chi connectivity index (χ0n) is 21.4. The molecule has 1 N–H and O–H groups in total. The summed E-state index contributed by atoms with van der Waals surface area (Å²) in [5, 5.41) is 13.6. The number of piperidine rings is 1. The van der Waals surface area contributed by atoms with Gasteiger partial charge in [0.2, 0.25) is 11.9 Å². The van der Waals surface area contributed by atoms with Crippen molar-refractivity contribution in [3.05, 3.63) is 54.1 Å². The fourth-order valence-corrected chi connectivity index (χ4v) is 5.20. The molecule has 194 valence electrons. The number of aliphatic carboxylic acids is 1. The fraction of sp³-hybridized carbons (Fsp3) is 0.444. The second-order valence-corrected chi connectivity index (χ2v) is 9.84. The number of carboxylic acid groups (broad SMARTS) is 1. The van der Waals surface area contributed by atoms with Crippen molar-refractivity contribution in [3.63, 3.8) is 0 Å². The molecule has 0 aliphatic carbocycles. The lowest BCUT2D eigenvalue weighted by atomic mass is 9.97. The number of carbonyl (C=O) groups excluding carboxylic acids is 1. The quantitative estimate of drug-likeness (QED) is 0.547. The molecule has 0 saturated carbocycles. The number of aromatic nitrogens is 4. The van der Waals surface area contributed by atoms with E-state index in [1.54, 1.807) is 4.68 Å². The van der Waals surface area contributed by atoms with Crippen LogP contribution in [0.4, 0.5) is 11.6 Å². The van der Waals surface area contributed by atoms with E-state index in [0.29, 0.717) is 45.0 Å². The van der Waals surface area contributed by atoms with E-state index in [4.69, 9.17) is 0 Å². The van der Waals surface area contributed by atoms with Crippen LogP contribution in [0, 0.1) is 19.8 Å². The van der Waals surface area contributed by atoms with Crippen molar-refractivity contribution in [2.75, 3.05) is 49.1 Å². The van der Waals surface area contributed by atoms with Crippen molar-refractivity contribution in [2.24, 2.45) is 5.92 Å². The van der Waals surface area contributed by atoms with Gasteiger partial charge in [-0.15, -0.1) is 0 Å². The molecule has 10 nitrogen and oxygen atoms in total. The smallest absolute Gasteiger partial charge is 0.306 e. The van der Waals surface area contributed by atoms with Crippen LogP contribution < -0.4 is 9.80 Å². The Labute approximate surface area is 216 Å². The van der Waals surface area contributed by atoms with Gasteiger partial charge >= 0.3 is 5.97 Å². The summed E-state index contributed by atoms with van der Waals surface area (Å²) in [6.07, 6.45) is 4.91. The molecule has 2 aliphatic heterocycles. The summed E-state index contributed by atoms with van der Waals surface area (Å²) in [6.45, 7) is 8.29. The van der Waals surface area contributed by atoms with E-state index < -0.39 is 5.97 Å². The van der Waals surface area contributed by atoms with E-state index in [-0.39, 0.29) is 18.4 Å². The predicted molar refractivity (Wildman–Crippen MR) is 141 cm³/mol. The van der Waals surface area contributed by atoms with Gasteiger partial charge in [0.15, 0.2) is 0 Å². The first-order valence-corrected chi connectivity index (χ1v) is 12.8. The van der Waals surface area contributed by atoms with Gasteiger partial charge in [0, 0.05) is 74.2 Å². The van der Waals surface area contributed by atoms with Crippen molar-refractivity contribution in [3.8, 4) is 11.1 Å². The Kier molecular flexibility index (Phi) is 7.07. The molecule has 2 saturated heterocycles. The Balaban J connectivity index is 1.23. The molecule has 0 spiro atoms. The van der Waals surface area contributed by atoms with Crippen LogP contribution in [0.1, 0.15) is 24.2 Å². The zero-order chi connectivity index (χ0) is 25.9. The van der Waals surface area contributed by atoms with E-state index in [2.05, 4.69) is 37.0 Å². The summed E-state index contributed by atoms with van der Waals surface area (Å²) < 4.78 is 1.78. The van der Waals surface area contributed by atoms with E-state index in [1.807, 2.05) is 49.3 Å². The van der Waals surface area contributed by atoms with Crippen LogP contribution in [-0.4, -0.2) is 80.9 Å². The van der Waals surface area contributed by atoms with Crippen molar-refractivity contribution >= 4 is 23.5 Å². The topological polar surface area (TPSA) is 108 Å². The van der Waals surface area contributed by atoms with Crippen molar-refractivity contribution in [1.29, 1.82) is 0 Å². The van der Waals surface area contributed by atoms with Gasteiger partial charge in [0.05, 0.1) is 11.6 Å². The van der Waals surface area contributed by atoms with E-state index in [0.717, 1.165) is 41.3 Å². The van der Waals surface area contributed by atoms with Crippen LogP contribution in [0.3, 0.4) is 0 Å². The summed E-state index contributed by atoms with van der Waals surface area (Å²) in [6, 6.07) is 10.2. The number of carbonyl (C=O) groups is 2. The molecule has 3 aromatic rings. The zero-order valence-corrected chi connectivity index (χ0v) is 21.4. The van der Waals surface area contributed by atoms with Crippen molar-refractivity contribution in [2.45, 2.75) is 33.2 Å². The van der Waals surface area contributed by atoms with Gasteiger partial charge in [0.1, 0.15) is 6.54 Å². The summed E-state index contributed by atoms with van der Waals surface area (Å²) in [5.74, 6) is -0.270. The lowest BCUT2D eigenvalue weighted by Crippen LogP contribution is -2.49. The number of amides is 1. The lowest BCUT2D eigenvalue weighted by Gasteiger charge is -2.37. The highest BCUT2D eigenvalue weighted by Gasteiger charge is 2.26. The maximum Gasteiger partial charge on any atom is 0.306 e. The minimum Gasteiger partial charge on any atom is -0.481 e. The first kappa shape index (κ1) is 24.7. The molecule has 0 atom stereocenters. The molecule has 2 fully saturated rings. The van der Waals surface area contributed by atoms with Crippen LogP contribution in [0.2, 0.25) is 0 Å². The third-order valence-corrected chi connectivity index (χ3v) is 7.34. The monoisotopic (exact) mass is 503 g/mol. The third-order valence-electron chi connectivity index (χ3n) is 7.34. The highest BCUT2D eigenvalue weighted by Crippen LogP contribution is 2.31. The van der Waals surface area contributed by atoms with Gasteiger partial charge in [-0.05, 0) is 38.8 Å². The Morgan fingerprint density at radius 3 is 2.24 bits per heavy atom. The molecule has 1 amide bonds. The van der Waals surface area contributed by atoms with E-state index in [9.17, 15) is 14.7 Å². The molecule has 10 heteroatoms. The molecule has 37 heavy (non-hydrogen) atoms. The SMILES string of the molecule is Cc1cc(C)n(CC(=O)N2CCN(c3ccccc3-c3cnc(N4CCC(C(=O)O)CC4)nc3)CC2)n1. The highest BCUT2D eigenvalue weighted by molar-refractivity contribution is 5.79. The molecule has 2 aromatic heterocycles. The van der Waals surface area contributed by atoms with Crippen molar-refractivity contribution in [1.82, 2.24) is 24.6 Å². The number of hydrogen-bond acceptors (Lipinski definition) is 7. The average Bonchev–Trinajstić information content (AvgIpc) is 3.24. The van der Waals surface area contributed by atoms with Crippen LogP contribution in [0.5, 0.6) is 0 Å². The fourth-order valence-electron chi connectivity index (χ4n) is 5.20. The van der Waals surface area contributed by atoms with E-state index >= 15 is 0 Å². The van der Waals surface area contributed by atoms with Gasteiger partial charge in [-0.25, -0.2) is 9.97 Å². The van der Waals surface area contributed by atoms with Gasteiger partial charge in [-0.1, -0.05) is 18.2 Å². The third kappa shape index (κ3) is 5.42. The number of aryl methyl sites for hydroxylation is 2. The van der Waals surface area contributed by atoms with Crippen LogP contribution in [0.15, 0.2) is 42.7 Å². The van der Waals surface area contributed by atoms with Crippen LogP contribution in [0.25, 0.3) is 11.1 Å². The number of carboxylic acids is 1. The number of rotatable bonds is 6. The minimum atomic E-state index is -0.721. The number of para-hydroxylation sites is 1. The Bertz CT molecular complexity index is 1260. The Hall–Kier alpha value is -3.95. The molecule has 1 aromatic carbocycles. The molecule has 0 unspecified atom stereocenters. The molecule has 5 rings (SSSR count). The second kappa shape index (κ2) is 10.6. The summed E-state index contributed by atoms with van der Waals surface area (Å²) >= 11 is 0. The number of piperazine rings is 1. The molecule has 0 radical (unpaired) electrons. The first-order chi connectivity index (χ1) is 17.9. The number of hydrogen-bond donors (Lipinski definition) is 1. The molecule has 4 heterocycles. The minimum absolute atomic E-state index is 0.0931. The Morgan fingerprint density at radius 2 is 1.62 bits per heavy atom. The molecule has 0 bridgehead atoms. The molecule has 2 aliphatic rings. The largest absolute Gasteiger partial charge is 0.481 e. The number of anilines is 2. The number of nitrogens with zero attached hydrogens (tertiary/aromatic N) is 7. The van der Waals surface area contributed by atoms with Crippen LogP contribution in [-0.2, 0) is 16.1 Å². The normalized spacial score (nSPS) is 16.8. The van der Waals surface area contributed by atoms with Crippen molar-refractivity contribution < 1.29 is 14.7 Å². The lowest BCUT2D eigenvalue weighted by molar-refractivity contribution is -0.142. The van der Waals surface area contributed by atoms with Gasteiger partial charge < -0.3 is 19.8 Å². The number of benzene rings is 1. The van der Waals surface area contributed by atoms with Gasteiger partial charge in [-0.2, -0.15) is 5.10 Å². The Morgan fingerprint density at radius 1 is 0.946 bits per heavy atom. The maximum absolute atomic E-state index is 12.9.